The number of carboxylic acid groups (broad SMARTS) is 1. The first kappa shape index (κ1) is 13.6. The Kier molecular flexibility index (Phi) is 4.58. The lowest BCUT2D eigenvalue weighted by molar-refractivity contribution is -0.898. The first-order valence-corrected chi connectivity index (χ1v) is 6.76. The van der Waals surface area contributed by atoms with Crippen molar-refractivity contribution in [3.05, 3.63) is 35.9 Å². The fourth-order valence-corrected chi connectivity index (χ4v) is 2.40. The maximum Gasteiger partial charge on any atom is 0.0949 e. The molecule has 0 spiro atoms. The third-order valence-corrected chi connectivity index (χ3v) is 3.64. The highest BCUT2D eigenvalue weighted by atomic mass is 16.4. The van der Waals surface area contributed by atoms with Crippen LogP contribution in [0.1, 0.15) is 12.5 Å². The second-order valence-electron chi connectivity index (χ2n) is 4.83. The predicted octanol–water partition coefficient (Wildman–Crippen LogP) is -0.825. The lowest BCUT2D eigenvalue weighted by Crippen LogP contribution is -3.14. The Morgan fingerprint density at radius 2 is 1.95 bits per heavy atom. The molecule has 19 heavy (non-hydrogen) atoms. The largest absolute Gasteiger partial charge is 0.545 e. The molecule has 1 heterocycles. The molecule has 4 nitrogen and oxygen atoms in total. The zero-order valence-electron chi connectivity index (χ0n) is 11.3. The third-order valence-electron chi connectivity index (χ3n) is 3.64. The van der Waals surface area contributed by atoms with Gasteiger partial charge in [0.15, 0.2) is 0 Å². The van der Waals surface area contributed by atoms with Crippen LogP contribution in [0.25, 0.3) is 6.08 Å². The molecule has 1 aliphatic rings. The van der Waals surface area contributed by atoms with Gasteiger partial charge in [-0.1, -0.05) is 18.2 Å². The Balaban J connectivity index is 1.97. The number of hydrogen-bond acceptors (Lipinski definition) is 3. The Bertz CT molecular complexity index is 446. The van der Waals surface area contributed by atoms with Crippen LogP contribution in [0.2, 0.25) is 0 Å². The number of piperazine rings is 1. The van der Waals surface area contributed by atoms with Crippen LogP contribution in [0.3, 0.4) is 0 Å². The molecule has 0 saturated carbocycles. The van der Waals surface area contributed by atoms with Gasteiger partial charge in [-0.05, 0) is 30.7 Å². The van der Waals surface area contributed by atoms with Crippen LogP contribution in [0.5, 0.6) is 0 Å². The van der Waals surface area contributed by atoms with Crippen molar-refractivity contribution in [1.82, 2.24) is 0 Å². The predicted molar refractivity (Wildman–Crippen MR) is 73.9 cm³/mol. The highest BCUT2D eigenvalue weighted by Crippen LogP contribution is 2.15. The number of carbonyl (C=O) groups is 1. The monoisotopic (exact) mass is 260 g/mol. The molecule has 0 atom stereocenters. The zero-order valence-corrected chi connectivity index (χ0v) is 11.3. The highest BCUT2D eigenvalue weighted by molar-refractivity contribution is 5.83. The SMILES string of the molecule is CC[NH+]1CCN(c2ccc(/C=C/C(=O)[O-])cc2)CC1. The van der Waals surface area contributed by atoms with E-state index in [-0.39, 0.29) is 0 Å². The summed E-state index contributed by atoms with van der Waals surface area (Å²) in [7, 11) is 0. The van der Waals surface area contributed by atoms with Gasteiger partial charge in [0, 0.05) is 5.69 Å². The van der Waals surface area contributed by atoms with Gasteiger partial charge < -0.3 is 19.7 Å². The van der Waals surface area contributed by atoms with E-state index in [1.165, 1.54) is 25.3 Å². The summed E-state index contributed by atoms with van der Waals surface area (Å²) < 4.78 is 0. The summed E-state index contributed by atoms with van der Waals surface area (Å²) >= 11 is 0. The zero-order chi connectivity index (χ0) is 13.7. The van der Waals surface area contributed by atoms with E-state index >= 15 is 0 Å². The Labute approximate surface area is 113 Å². The molecule has 1 fully saturated rings. The van der Waals surface area contributed by atoms with Gasteiger partial charge in [-0.15, -0.1) is 0 Å². The summed E-state index contributed by atoms with van der Waals surface area (Å²) in [5.41, 5.74) is 2.09. The molecule has 0 amide bonds. The number of hydrogen-bond donors (Lipinski definition) is 1. The van der Waals surface area contributed by atoms with Gasteiger partial charge >= 0.3 is 0 Å². The van der Waals surface area contributed by atoms with E-state index in [2.05, 4.69) is 11.8 Å². The molecule has 0 bridgehead atoms. The minimum absolute atomic E-state index is 0.880. The lowest BCUT2D eigenvalue weighted by atomic mass is 10.1. The van der Waals surface area contributed by atoms with Crippen molar-refractivity contribution in [2.45, 2.75) is 6.92 Å². The Hall–Kier alpha value is -1.81. The summed E-state index contributed by atoms with van der Waals surface area (Å²) in [5.74, 6) is -1.16. The fraction of sp³-hybridized carbons (Fsp3) is 0.400. The van der Waals surface area contributed by atoms with Crippen molar-refractivity contribution in [3.8, 4) is 0 Å². The van der Waals surface area contributed by atoms with Crippen LogP contribution in [0, 0.1) is 0 Å². The molecule has 0 unspecified atom stereocenters. The average molecular weight is 260 g/mol. The number of carboxylic acids is 1. The van der Waals surface area contributed by atoms with Gasteiger partial charge in [0.1, 0.15) is 0 Å². The molecule has 1 N–H and O–H groups in total. The molecular formula is C15H20N2O2. The van der Waals surface area contributed by atoms with E-state index in [0.717, 1.165) is 24.7 Å². The van der Waals surface area contributed by atoms with Gasteiger partial charge in [0.05, 0.1) is 38.7 Å². The maximum atomic E-state index is 10.3. The molecule has 1 saturated heterocycles. The second-order valence-corrected chi connectivity index (χ2v) is 4.83. The first-order valence-electron chi connectivity index (χ1n) is 6.76. The van der Waals surface area contributed by atoms with Gasteiger partial charge in [-0.3, -0.25) is 0 Å². The van der Waals surface area contributed by atoms with E-state index in [1.807, 2.05) is 24.3 Å². The van der Waals surface area contributed by atoms with Crippen LogP contribution < -0.4 is 14.9 Å². The molecule has 0 aromatic heterocycles. The smallest absolute Gasteiger partial charge is 0.0949 e. The summed E-state index contributed by atoms with van der Waals surface area (Å²) in [5, 5.41) is 10.3. The van der Waals surface area contributed by atoms with E-state index in [4.69, 9.17) is 0 Å². The minimum atomic E-state index is -1.16. The summed E-state index contributed by atoms with van der Waals surface area (Å²) in [6, 6.07) is 7.97. The quantitative estimate of drug-likeness (QED) is 0.719. The third kappa shape index (κ3) is 3.83. The van der Waals surface area contributed by atoms with Crippen molar-refractivity contribution in [2.75, 3.05) is 37.6 Å². The molecule has 1 aromatic rings. The number of nitrogens with one attached hydrogen (secondary N) is 1. The molecular weight excluding hydrogens is 240 g/mol. The lowest BCUT2D eigenvalue weighted by Gasteiger charge is -2.33. The van der Waals surface area contributed by atoms with Crippen molar-refractivity contribution in [1.29, 1.82) is 0 Å². The number of benzene rings is 1. The van der Waals surface area contributed by atoms with Gasteiger partial charge in [0.25, 0.3) is 0 Å². The highest BCUT2D eigenvalue weighted by Gasteiger charge is 2.18. The van der Waals surface area contributed by atoms with Gasteiger partial charge in [-0.25, -0.2) is 0 Å². The molecule has 1 aliphatic heterocycles. The number of anilines is 1. The number of nitrogens with zero attached hydrogens (tertiary/aromatic N) is 1. The van der Waals surface area contributed by atoms with Crippen LogP contribution in [0.15, 0.2) is 30.3 Å². The molecule has 0 aliphatic carbocycles. The number of quaternary nitrogens is 1. The van der Waals surface area contributed by atoms with Crippen LogP contribution in [0.4, 0.5) is 5.69 Å². The topological polar surface area (TPSA) is 47.8 Å². The second kappa shape index (κ2) is 6.38. The van der Waals surface area contributed by atoms with E-state index in [1.54, 1.807) is 11.0 Å². The van der Waals surface area contributed by atoms with Crippen molar-refractivity contribution in [3.63, 3.8) is 0 Å². The van der Waals surface area contributed by atoms with E-state index < -0.39 is 5.97 Å². The number of carbonyl (C=O) groups excluding carboxylic acids is 1. The van der Waals surface area contributed by atoms with Crippen molar-refractivity contribution in [2.24, 2.45) is 0 Å². The number of rotatable bonds is 4. The maximum absolute atomic E-state index is 10.3. The fourth-order valence-electron chi connectivity index (χ4n) is 2.40. The van der Waals surface area contributed by atoms with Crippen molar-refractivity contribution < 1.29 is 14.8 Å². The molecule has 1 aromatic carbocycles. The minimum Gasteiger partial charge on any atom is -0.545 e. The summed E-state index contributed by atoms with van der Waals surface area (Å²) in [6.45, 7) is 7.95. The molecule has 0 radical (unpaired) electrons. The Morgan fingerprint density at radius 1 is 1.32 bits per heavy atom. The van der Waals surface area contributed by atoms with Crippen molar-refractivity contribution >= 4 is 17.7 Å². The van der Waals surface area contributed by atoms with Gasteiger partial charge in [-0.2, -0.15) is 0 Å². The van der Waals surface area contributed by atoms with Crippen LogP contribution in [-0.4, -0.2) is 38.7 Å². The van der Waals surface area contributed by atoms with E-state index in [9.17, 15) is 9.90 Å². The normalized spacial score (nSPS) is 17.0. The molecule has 4 heteroatoms. The summed E-state index contributed by atoms with van der Waals surface area (Å²) in [6.07, 6.45) is 2.61. The average Bonchev–Trinajstić information content (AvgIpc) is 2.46. The van der Waals surface area contributed by atoms with Gasteiger partial charge in [0.2, 0.25) is 0 Å². The molecule has 102 valence electrons. The number of likely N-dealkylation sites (N-methyl/N-ethyl adjacent to an activating group) is 1. The molecule has 2 rings (SSSR count). The van der Waals surface area contributed by atoms with Crippen LogP contribution in [-0.2, 0) is 4.79 Å². The van der Waals surface area contributed by atoms with Crippen LogP contribution >= 0.6 is 0 Å². The first-order chi connectivity index (χ1) is 9.19. The standard InChI is InChI=1S/C15H20N2O2/c1-2-16-9-11-17(12-10-16)14-6-3-13(4-7-14)5-8-15(18)19/h3-8H,2,9-12H2,1H3,(H,18,19)/b8-5+. The van der Waals surface area contributed by atoms with E-state index in [0.29, 0.717) is 0 Å². The number of aliphatic carboxylic acids is 1. The Morgan fingerprint density at radius 3 is 2.47 bits per heavy atom. The summed E-state index contributed by atoms with van der Waals surface area (Å²) in [4.78, 5) is 14.4.